The minimum atomic E-state index is -4.18. The molecule has 0 amide bonds. The number of hydrogen-bond acceptors (Lipinski definition) is 5. The lowest BCUT2D eigenvalue weighted by Gasteiger charge is -2.10. The van der Waals surface area contributed by atoms with E-state index in [4.69, 9.17) is 4.74 Å². The number of rotatable bonds is 3. The van der Waals surface area contributed by atoms with Crippen LogP contribution in [-0.4, -0.2) is 29.8 Å². The van der Waals surface area contributed by atoms with Crippen molar-refractivity contribution in [1.82, 2.24) is 9.97 Å². The summed E-state index contributed by atoms with van der Waals surface area (Å²) >= 11 is 0. The average Bonchev–Trinajstić information content (AvgIpc) is 2.62. The molecule has 5 nitrogen and oxygen atoms in total. The highest BCUT2D eigenvalue weighted by Gasteiger charge is 2.23. The molecule has 0 radical (unpaired) electrons. The fourth-order valence-electron chi connectivity index (χ4n) is 1.99. The lowest BCUT2D eigenvalue weighted by molar-refractivity contribution is -0.118. The number of para-hydroxylation sites is 1. The van der Waals surface area contributed by atoms with Gasteiger partial charge in [-0.1, -0.05) is 18.2 Å². The summed E-state index contributed by atoms with van der Waals surface area (Å²) in [6.07, 6.45) is -0.711. The molecule has 3 N–H and O–H groups in total. The molecule has 0 unspecified atom stereocenters. The minimum Gasteiger partial charge on any atom is -0.479 e. The SMILES string of the molecule is COc1nccc2c(Nc3ccccc3)ccnc12.NCC(F)(F)F. The first-order valence-electron chi connectivity index (χ1n) is 7.31. The fourth-order valence-corrected chi connectivity index (χ4v) is 1.99. The molecule has 3 rings (SSSR count). The Balaban J connectivity index is 0.000000326. The summed E-state index contributed by atoms with van der Waals surface area (Å²) < 4.78 is 37.2. The molecule has 0 aliphatic rings. The van der Waals surface area contributed by atoms with Crippen LogP contribution in [0, 0.1) is 0 Å². The van der Waals surface area contributed by atoms with Crippen LogP contribution in [0.15, 0.2) is 54.9 Å². The van der Waals surface area contributed by atoms with E-state index in [9.17, 15) is 13.2 Å². The number of fused-ring (bicyclic) bond motifs is 1. The number of benzene rings is 1. The first-order chi connectivity index (χ1) is 11.9. The number of halogens is 3. The average molecular weight is 350 g/mol. The normalized spacial score (nSPS) is 10.8. The van der Waals surface area contributed by atoms with Gasteiger partial charge in [-0.15, -0.1) is 0 Å². The predicted molar refractivity (Wildman–Crippen MR) is 90.9 cm³/mol. The molecule has 1 aromatic carbocycles. The van der Waals surface area contributed by atoms with E-state index in [0.717, 1.165) is 22.3 Å². The number of anilines is 2. The van der Waals surface area contributed by atoms with Gasteiger partial charge in [0.15, 0.2) is 0 Å². The molecule has 3 aromatic rings. The Morgan fingerprint density at radius 2 is 1.68 bits per heavy atom. The Labute approximate surface area is 142 Å². The van der Waals surface area contributed by atoms with Gasteiger partial charge < -0.3 is 15.8 Å². The van der Waals surface area contributed by atoms with Crippen LogP contribution in [0.5, 0.6) is 5.88 Å². The number of nitrogens with two attached hydrogens (primary N) is 1. The predicted octanol–water partition coefficient (Wildman–Crippen LogP) is 3.89. The van der Waals surface area contributed by atoms with Gasteiger partial charge in [0.05, 0.1) is 13.7 Å². The molecule has 2 heterocycles. The summed E-state index contributed by atoms with van der Waals surface area (Å²) in [5.74, 6) is 0.536. The van der Waals surface area contributed by atoms with Crippen LogP contribution in [0.4, 0.5) is 24.5 Å². The van der Waals surface area contributed by atoms with Gasteiger partial charge in [0.2, 0.25) is 5.88 Å². The van der Waals surface area contributed by atoms with Crippen LogP contribution in [0.2, 0.25) is 0 Å². The van der Waals surface area contributed by atoms with Crippen molar-refractivity contribution in [2.24, 2.45) is 5.73 Å². The van der Waals surface area contributed by atoms with E-state index in [-0.39, 0.29) is 0 Å². The number of hydrogen-bond donors (Lipinski definition) is 2. The third-order valence-electron chi connectivity index (χ3n) is 3.10. The Morgan fingerprint density at radius 1 is 1.04 bits per heavy atom. The van der Waals surface area contributed by atoms with Crippen LogP contribution in [0.1, 0.15) is 0 Å². The van der Waals surface area contributed by atoms with Crippen LogP contribution in [0.25, 0.3) is 10.9 Å². The molecule has 8 heteroatoms. The number of ether oxygens (including phenoxy) is 1. The molecule has 0 spiro atoms. The highest BCUT2D eigenvalue weighted by atomic mass is 19.4. The maximum Gasteiger partial charge on any atom is 0.400 e. The van der Waals surface area contributed by atoms with Crippen molar-refractivity contribution in [3.05, 3.63) is 54.9 Å². The summed E-state index contributed by atoms with van der Waals surface area (Å²) in [6, 6.07) is 13.9. The molecule has 2 aromatic heterocycles. The summed E-state index contributed by atoms with van der Waals surface area (Å²) in [7, 11) is 1.60. The van der Waals surface area contributed by atoms with Crippen molar-refractivity contribution < 1.29 is 17.9 Å². The zero-order chi connectivity index (χ0) is 18.3. The van der Waals surface area contributed by atoms with Gasteiger partial charge in [-0.3, -0.25) is 4.98 Å². The number of methoxy groups -OCH3 is 1. The molecular formula is C17H17F3N4O. The summed E-state index contributed by atoms with van der Waals surface area (Å²) in [4.78, 5) is 8.49. The zero-order valence-electron chi connectivity index (χ0n) is 13.4. The van der Waals surface area contributed by atoms with Gasteiger partial charge in [-0.2, -0.15) is 13.2 Å². The number of pyridine rings is 2. The van der Waals surface area contributed by atoms with Gasteiger partial charge in [-0.05, 0) is 24.3 Å². The van der Waals surface area contributed by atoms with E-state index in [0.29, 0.717) is 5.88 Å². The largest absolute Gasteiger partial charge is 0.479 e. The first-order valence-corrected chi connectivity index (χ1v) is 7.31. The molecule has 0 bridgehead atoms. The van der Waals surface area contributed by atoms with Crippen LogP contribution in [0.3, 0.4) is 0 Å². The summed E-state index contributed by atoms with van der Waals surface area (Å²) in [5.41, 5.74) is 6.95. The fraction of sp³-hybridized carbons (Fsp3) is 0.176. The Bertz CT molecular complexity index is 810. The number of nitrogens with zero attached hydrogens (tertiary/aromatic N) is 2. The quantitative estimate of drug-likeness (QED) is 0.750. The van der Waals surface area contributed by atoms with Gasteiger partial charge >= 0.3 is 6.18 Å². The van der Waals surface area contributed by atoms with E-state index >= 15 is 0 Å². The maximum atomic E-state index is 10.7. The number of nitrogens with one attached hydrogen (secondary N) is 1. The lowest BCUT2D eigenvalue weighted by Crippen LogP contribution is -2.21. The second kappa shape index (κ2) is 8.29. The van der Waals surface area contributed by atoms with E-state index in [1.807, 2.05) is 42.5 Å². The van der Waals surface area contributed by atoms with Crippen molar-refractivity contribution >= 4 is 22.3 Å². The zero-order valence-corrected chi connectivity index (χ0v) is 13.4. The Kier molecular flexibility index (Phi) is 6.13. The number of alkyl halides is 3. The van der Waals surface area contributed by atoms with Crippen LogP contribution >= 0.6 is 0 Å². The van der Waals surface area contributed by atoms with E-state index in [1.54, 1.807) is 19.5 Å². The molecule has 0 saturated heterocycles. The second-order valence-corrected chi connectivity index (χ2v) is 4.89. The third kappa shape index (κ3) is 5.32. The van der Waals surface area contributed by atoms with Crippen molar-refractivity contribution in [1.29, 1.82) is 0 Å². The molecule has 0 saturated carbocycles. The van der Waals surface area contributed by atoms with Gasteiger partial charge in [-0.25, -0.2) is 4.98 Å². The van der Waals surface area contributed by atoms with Gasteiger partial charge in [0, 0.05) is 29.2 Å². The first kappa shape index (κ1) is 18.5. The van der Waals surface area contributed by atoms with Gasteiger partial charge in [0.25, 0.3) is 0 Å². The van der Waals surface area contributed by atoms with Gasteiger partial charge in [0.1, 0.15) is 5.52 Å². The third-order valence-corrected chi connectivity index (χ3v) is 3.10. The molecule has 25 heavy (non-hydrogen) atoms. The molecule has 0 fully saturated rings. The lowest BCUT2D eigenvalue weighted by atomic mass is 10.2. The molecule has 132 valence electrons. The summed E-state index contributed by atoms with van der Waals surface area (Å²) in [6.45, 7) is -1.23. The van der Waals surface area contributed by atoms with Crippen molar-refractivity contribution in [3.8, 4) is 5.88 Å². The summed E-state index contributed by atoms with van der Waals surface area (Å²) in [5, 5.41) is 4.36. The molecular weight excluding hydrogens is 333 g/mol. The second-order valence-electron chi connectivity index (χ2n) is 4.89. The van der Waals surface area contributed by atoms with E-state index in [2.05, 4.69) is 21.0 Å². The Morgan fingerprint density at radius 3 is 2.28 bits per heavy atom. The number of aromatic nitrogens is 2. The van der Waals surface area contributed by atoms with Crippen molar-refractivity contribution in [3.63, 3.8) is 0 Å². The van der Waals surface area contributed by atoms with Crippen molar-refractivity contribution in [2.75, 3.05) is 19.0 Å². The van der Waals surface area contributed by atoms with E-state index < -0.39 is 12.7 Å². The maximum absolute atomic E-state index is 10.7. The van der Waals surface area contributed by atoms with Crippen LogP contribution < -0.4 is 15.8 Å². The Hall–Kier alpha value is -2.87. The minimum absolute atomic E-state index is 0.536. The molecule has 0 atom stereocenters. The molecule has 0 aliphatic heterocycles. The topological polar surface area (TPSA) is 73.1 Å². The molecule has 0 aliphatic carbocycles. The van der Waals surface area contributed by atoms with Crippen molar-refractivity contribution in [2.45, 2.75) is 6.18 Å². The monoisotopic (exact) mass is 350 g/mol. The highest BCUT2D eigenvalue weighted by molar-refractivity contribution is 5.95. The smallest absolute Gasteiger partial charge is 0.400 e. The van der Waals surface area contributed by atoms with Crippen LogP contribution in [-0.2, 0) is 0 Å². The standard InChI is InChI=1S/C15H13N3O.C2H4F3N/c1-19-15-14-12(7-9-17-15)13(8-10-16-14)18-11-5-3-2-4-6-11;3-2(4,5)1-6/h2-10H,1H3,(H,16,18);1,6H2. The van der Waals surface area contributed by atoms with E-state index in [1.165, 1.54) is 0 Å². The highest BCUT2D eigenvalue weighted by Crippen LogP contribution is 2.28.